The molecule has 9 nitrogen and oxygen atoms in total. The topological polar surface area (TPSA) is 102 Å². The molecule has 0 bridgehead atoms. The van der Waals surface area contributed by atoms with Crippen LogP contribution < -0.4 is 4.90 Å². The Morgan fingerprint density at radius 2 is 1.86 bits per heavy atom. The minimum atomic E-state index is -3.13. The van der Waals surface area contributed by atoms with E-state index in [2.05, 4.69) is 0 Å². The first kappa shape index (κ1) is 26.9. The number of ether oxygens (including phenoxy) is 1. The van der Waals surface area contributed by atoms with E-state index in [-0.39, 0.29) is 31.3 Å². The Morgan fingerprint density at radius 1 is 1.14 bits per heavy atom. The van der Waals surface area contributed by atoms with Gasteiger partial charge in [-0.05, 0) is 57.0 Å². The molecular weight excluding hydrogens is 516 g/mol. The zero-order valence-electron chi connectivity index (χ0n) is 21.4. The maximum absolute atomic E-state index is 13.5. The van der Waals surface area contributed by atoms with Gasteiger partial charge in [-0.3, -0.25) is 9.69 Å². The molecule has 0 unspecified atom stereocenters. The first-order valence-electron chi connectivity index (χ1n) is 12.0. The molecule has 1 aromatic heterocycles. The zero-order valence-corrected chi connectivity index (χ0v) is 23.0. The molecule has 2 amide bonds. The third kappa shape index (κ3) is 6.61. The van der Waals surface area contributed by atoms with Crippen LogP contribution in [0.4, 0.5) is 10.5 Å². The number of amides is 2. The van der Waals surface area contributed by atoms with E-state index < -0.39 is 21.5 Å². The average molecular weight is 547 g/mol. The highest BCUT2D eigenvalue weighted by Gasteiger charge is 2.32. The van der Waals surface area contributed by atoms with Crippen LogP contribution in [-0.2, 0) is 39.0 Å². The SMILES string of the molecule is CC(C)(C)OC(=O)N1CC(=O)N(Cc2nc3cc(Cl)ccc3n2CCCS(C)(=O)=O)c2ccccc2C1. The molecule has 0 fully saturated rings. The number of hydrogen-bond acceptors (Lipinski definition) is 6. The molecule has 0 aliphatic carbocycles. The highest BCUT2D eigenvalue weighted by Crippen LogP contribution is 2.29. The lowest BCUT2D eigenvalue weighted by Crippen LogP contribution is -2.42. The highest BCUT2D eigenvalue weighted by atomic mass is 35.5. The van der Waals surface area contributed by atoms with Crippen molar-refractivity contribution < 1.29 is 22.7 Å². The van der Waals surface area contributed by atoms with Gasteiger partial charge in [-0.1, -0.05) is 29.8 Å². The summed E-state index contributed by atoms with van der Waals surface area (Å²) in [5, 5.41) is 0.532. The fourth-order valence-corrected chi connectivity index (χ4v) is 5.15. The Kier molecular flexibility index (Phi) is 7.52. The molecule has 0 spiro atoms. The molecule has 0 saturated carbocycles. The normalized spacial score (nSPS) is 14.6. The van der Waals surface area contributed by atoms with Crippen molar-refractivity contribution in [3.8, 4) is 0 Å². The van der Waals surface area contributed by atoms with Gasteiger partial charge in [0, 0.05) is 23.5 Å². The van der Waals surface area contributed by atoms with Gasteiger partial charge >= 0.3 is 6.09 Å². The molecule has 0 radical (unpaired) electrons. The Hall–Kier alpha value is -3.11. The summed E-state index contributed by atoms with van der Waals surface area (Å²) in [6.07, 6.45) is 1.06. The van der Waals surface area contributed by atoms with Gasteiger partial charge in [0.2, 0.25) is 5.91 Å². The molecule has 3 aromatic rings. The van der Waals surface area contributed by atoms with E-state index in [0.29, 0.717) is 35.0 Å². The maximum atomic E-state index is 13.5. The number of carbonyl (C=O) groups excluding carboxylic acids is 2. The van der Waals surface area contributed by atoms with Crippen molar-refractivity contribution >= 4 is 50.2 Å². The lowest BCUT2D eigenvalue weighted by Gasteiger charge is -2.26. The number of benzene rings is 2. The molecule has 4 rings (SSSR count). The van der Waals surface area contributed by atoms with Gasteiger partial charge < -0.3 is 14.2 Å². The van der Waals surface area contributed by atoms with Crippen molar-refractivity contribution in [2.24, 2.45) is 0 Å². The van der Waals surface area contributed by atoms with Crippen molar-refractivity contribution in [1.29, 1.82) is 0 Å². The van der Waals surface area contributed by atoms with E-state index in [1.165, 1.54) is 11.2 Å². The molecule has 2 heterocycles. The number of fused-ring (bicyclic) bond motifs is 2. The van der Waals surface area contributed by atoms with Crippen LogP contribution in [0.1, 0.15) is 38.6 Å². The van der Waals surface area contributed by atoms with Crippen LogP contribution in [-0.4, -0.2) is 59.0 Å². The number of hydrogen-bond donors (Lipinski definition) is 0. The number of carbonyl (C=O) groups is 2. The molecular formula is C26H31ClN4O5S. The fraction of sp³-hybridized carbons (Fsp3) is 0.423. The number of para-hydroxylation sites is 1. The summed E-state index contributed by atoms with van der Waals surface area (Å²) < 4.78 is 30.9. The monoisotopic (exact) mass is 546 g/mol. The van der Waals surface area contributed by atoms with E-state index in [4.69, 9.17) is 21.3 Å². The third-order valence-electron chi connectivity index (χ3n) is 5.91. The molecule has 37 heavy (non-hydrogen) atoms. The fourth-order valence-electron chi connectivity index (χ4n) is 4.33. The first-order valence-corrected chi connectivity index (χ1v) is 14.4. The first-order chi connectivity index (χ1) is 17.3. The van der Waals surface area contributed by atoms with Gasteiger partial charge in [-0.2, -0.15) is 0 Å². The van der Waals surface area contributed by atoms with Crippen LogP contribution in [0, 0.1) is 0 Å². The minimum Gasteiger partial charge on any atom is -0.444 e. The summed E-state index contributed by atoms with van der Waals surface area (Å²) in [5.41, 5.74) is 2.27. The second kappa shape index (κ2) is 10.3. The quantitative estimate of drug-likeness (QED) is 0.454. The number of sulfone groups is 1. The molecule has 0 N–H and O–H groups in total. The van der Waals surface area contributed by atoms with Gasteiger partial charge in [0.1, 0.15) is 27.8 Å². The Labute approximate surface area is 221 Å². The summed E-state index contributed by atoms with van der Waals surface area (Å²) in [6.45, 7) is 5.98. The van der Waals surface area contributed by atoms with Gasteiger partial charge in [0.05, 0.1) is 29.9 Å². The van der Waals surface area contributed by atoms with Crippen molar-refractivity contribution in [2.45, 2.75) is 52.4 Å². The van der Waals surface area contributed by atoms with Crippen molar-refractivity contribution in [2.75, 3.05) is 23.5 Å². The molecule has 11 heteroatoms. The Balaban J connectivity index is 1.69. The van der Waals surface area contributed by atoms with Crippen LogP contribution >= 0.6 is 11.6 Å². The molecule has 1 aliphatic heterocycles. The number of rotatable bonds is 6. The number of anilines is 1. The maximum Gasteiger partial charge on any atom is 0.411 e. The van der Waals surface area contributed by atoms with Crippen LogP contribution in [0.3, 0.4) is 0 Å². The number of aryl methyl sites for hydroxylation is 1. The standard InChI is InChI=1S/C26H31ClN4O5S/c1-26(2,3)36-25(33)29-15-18-8-5-6-9-21(18)31(24(32)17-29)16-23-28-20-14-19(27)10-11-22(20)30(23)12-7-13-37(4,34)35/h5-6,8-11,14H,7,12-13,15-17H2,1-4H3. The van der Waals surface area contributed by atoms with Crippen molar-refractivity contribution in [3.05, 3.63) is 58.9 Å². The number of imidazole rings is 1. The van der Waals surface area contributed by atoms with Gasteiger partial charge in [0.15, 0.2) is 0 Å². The predicted octanol–water partition coefficient (Wildman–Crippen LogP) is 4.41. The summed E-state index contributed by atoms with van der Waals surface area (Å²) >= 11 is 6.20. The van der Waals surface area contributed by atoms with Crippen LogP contribution in [0.5, 0.6) is 0 Å². The summed E-state index contributed by atoms with van der Waals surface area (Å²) in [7, 11) is -3.13. The Bertz CT molecular complexity index is 1440. The van der Waals surface area contributed by atoms with E-state index in [1.54, 1.807) is 37.8 Å². The Morgan fingerprint density at radius 3 is 2.57 bits per heavy atom. The lowest BCUT2D eigenvalue weighted by atomic mass is 10.1. The molecule has 198 valence electrons. The molecule has 2 aromatic carbocycles. The molecule has 0 saturated heterocycles. The van der Waals surface area contributed by atoms with E-state index in [1.807, 2.05) is 34.9 Å². The van der Waals surface area contributed by atoms with E-state index in [0.717, 1.165) is 11.1 Å². The summed E-state index contributed by atoms with van der Waals surface area (Å²) in [4.78, 5) is 34.1. The van der Waals surface area contributed by atoms with Gasteiger partial charge in [0.25, 0.3) is 0 Å². The number of nitrogens with zero attached hydrogens (tertiary/aromatic N) is 4. The number of halogens is 1. The number of aromatic nitrogens is 2. The van der Waals surface area contributed by atoms with Gasteiger partial charge in [-0.15, -0.1) is 0 Å². The minimum absolute atomic E-state index is 0.0377. The van der Waals surface area contributed by atoms with E-state index in [9.17, 15) is 18.0 Å². The molecule has 0 atom stereocenters. The van der Waals surface area contributed by atoms with Crippen molar-refractivity contribution in [3.63, 3.8) is 0 Å². The molecule has 1 aliphatic rings. The second-order valence-corrected chi connectivity index (χ2v) is 12.9. The van der Waals surface area contributed by atoms with Gasteiger partial charge in [-0.25, -0.2) is 18.2 Å². The highest BCUT2D eigenvalue weighted by molar-refractivity contribution is 7.90. The lowest BCUT2D eigenvalue weighted by molar-refractivity contribution is -0.119. The second-order valence-electron chi connectivity index (χ2n) is 10.2. The predicted molar refractivity (Wildman–Crippen MR) is 143 cm³/mol. The summed E-state index contributed by atoms with van der Waals surface area (Å²) in [5.74, 6) is 0.360. The third-order valence-corrected chi connectivity index (χ3v) is 7.17. The zero-order chi connectivity index (χ0) is 27.0. The van der Waals surface area contributed by atoms with Crippen LogP contribution in [0.25, 0.3) is 11.0 Å². The van der Waals surface area contributed by atoms with E-state index >= 15 is 0 Å². The summed E-state index contributed by atoms with van der Waals surface area (Å²) in [6, 6.07) is 12.8. The largest absolute Gasteiger partial charge is 0.444 e. The average Bonchev–Trinajstić information content (AvgIpc) is 3.03. The van der Waals surface area contributed by atoms with Crippen LogP contribution in [0.2, 0.25) is 5.02 Å². The van der Waals surface area contributed by atoms with Crippen molar-refractivity contribution in [1.82, 2.24) is 14.5 Å². The van der Waals surface area contributed by atoms with Crippen LogP contribution in [0.15, 0.2) is 42.5 Å². The smallest absolute Gasteiger partial charge is 0.411 e.